The Morgan fingerprint density at radius 1 is 1.17 bits per heavy atom. The number of nitrogens with one attached hydrogen (secondary N) is 1. The molecule has 2 aromatic carbocycles. The zero-order valence-electron chi connectivity index (χ0n) is 18.5. The van der Waals surface area contributed by atoms with Crippen molar-refractivity contribution < 1.29 is 26.3 Å². The van der Waals surface area contributed by atoms with Crippen LogP contribution in [0.2, 0.25) is 0 Å². The molecule has 9 nitrogen and oxygen atoms in total. The van der Waals surface area contributed by atoms with Crippen LogP contribution >= 0.6 is 23.5 Å². The van der Waals surface area contributed by atoms with Crippen LogP contribution in [-0.2, 0) is 27.5 Å². The number of ether oxygens (including phenoxy) is 1. The number of sulfonamides is 1. The zero-order chi connectivity index (χ0) is 25.3. The van der Waals surface area contributed by atoms with E-state index in [2.05, 4.69) is 23.7 Å². The van der Waals surface area contributed by atoms with Crippen LogP contribution in [0.15, 0.2) is 52.5 Å². The number of thioether (sulfide) groups is 1. The average molecular weight is 557 g/mol. The van der Waals surface area contributed by atoms with Crippen molar-refractivity contribution in [2.75, 3.05) is 12.4 Å². The van der Waals surface area contributed by atoms with Gasteiger partial charge in [-0.05, 0) is 43.2 Å². The number of halogens is 3. The summed E-state index contributed by atoms with van der Waals surface area (Å²) in [7, 11) is -4.04. The Labute approximate surface area is 212 Å². The fraction of sp³-hybridized carbons (Fsp3) is 0.333. The van der Waals surface area contributed by atoms with Gasteiger partial charge in [-0.2, -0.15) is 21.9 Å². The minimum absolute atomic E-state index is 0.0100. The van der Waals surface area contributed by atoms with E-state index in [4.69, 9.17) is 4.74 Å². The number of fused-ring (bicyclic) bond motifs is 1. The van der Waals surface area contributed by atoms with E-state index in [9.17, 15) is 21.6 Å². The number of hydrogen-bond acceptors (Lipinski definition) is 9. The fourth-order valence-corrected chi connectivity index (χ4v) is 6.55. The lowest BCUT2D eigenvalue weighted by Crippen LogP contribution is -2.25. The van der Waals surface area contributed by atoms with Crippen molar-refractivity contribution in [3.05, 3.63) is 53.9 Å². The molecule has 15 heteroatoms. The van der Waals surface area contributed by atoms with Crippen molar-refractivity contribution >= 4 is 44.5 Å². The van der Waals surface area contributed by atoms with Crippen molar-refractivity contribution in [1.29, 1.82) is 0 Å². The van der Waals surface area contributed by atoms with Gasteiger partial charge < -0.3 is 4.74 Å². The SMILES string of the molecule is O=S(=O)(NCc1nnc(SC[C@H]2CCCO2)n1-c1cccc(C(F)(F)F)c1)c1cccc2nsnc12. The van der Waals surface area contributed by atoms with Gasteiger partial charge in [0.05, 0.1) is 35.6 Å². The minimum Gasteiger partial charge on any atom is -0.377 e. The Morgan fingerprint density at radius 2 is 2.00 bits per heavy atom. The summed E-state index contributed by atoms with van der Waals surface area (Å²) in [5.74, 6) is 0.679. The summed E-state index contributed by atoms with van der Waals surface area (Å²) >= 11 is 2.19. The van der Waals surface area contributed by atoms with E-state index in [0.29, 0.717) is 23.0 Å². The van der Waals surface area contributed by atoms with E-state index in [1.54, 1.807) is 12.1 Å². The number of hydrogen-bond donors (Lipinski definition) is 1. The molecule has 0 saturated carbocycles. The molecule has 1 aliphatic rings. The largest absolute Gasteiger partial charge is 0.416 e. The summed E-state index contributed by atoms with van der Waals surface area (Å²) in [6, 6.07) is 9.36. The lowest BCUT2D eigenvalue weighted by Gasteiger charge is -2.14. The second kappa shape index (κ2) is 10.0. The van der Waals surface area contributed by atoms with Crippen molar-refractivity contribution in [1.82, 2.24) is 28.2 Å². The van der Waals surface area contributed by atoms with Gasteiger partial charge in [0.2, 0.25) is 10.0 Å². The van der Waals surface area contributed by atoms with Gasteiger partial charge in [0, 0.05) is 12.4 Å². The number of rotatable bonds is 8. The van der Waals surface area contributed by atoms with Crippen LogP contribution in [0, 0.1) is 0 Å². The molecule has 0 amide bonds. The lowest BCUT2D eigenvalue weighted by molar-refractivity contribution is -0.137. The van der Waals surface area contributed by atoms with Gasteiger partial charge in [0.15, 0.2) is 11.0 Å². The van der Waals surface area contributed by atoms with E-state index >= 15 is 0 Å². The van der Waals surface area contributed by atoms with Crippen molar-refractivity contribution in [3.63, 3.8) is 0 Å². The first-order chi connectivity index (χ1) is 17.2. The standard InChI is InChI=1S/C21H19F3N6O3S3/c22-21(23,24)13-4-1-5-14(10-13)30-18(26-27-20(30)34-12-15-6-3-9-33-15)11-25-36(31,32)17-8-2-7-16-19(17)29-35-28-16/h1-2,4-5,7-8,10,15,25H,3,6,9,11-12H2/t15-/m1/s1. The Balaban J connectivity index is 1.46. The topological polar surface area (TPSA) is 112 Å². The summed E-state index contributed by atoms with van der Waals surface area (Å²) in [6.07, 6.45) is -2.71. The number of benzene rings is 2. The van der Waals surface area contributed by atoms with Gasteiger partial charge in [-0.3, -0.25) is 4.57 Å². The second-order valence-electron chi connectivity index (χ2n) is 7.94. The van der Waals surface area contributed by atoms with E-state index < -0.39 is 21.8 Å². The molecule has 5 rings (SSSR count). The Bertz CT molecular complexity index is 1480. The van der Waals surface area contributed by atoms with Crippen LogP contribution in [0.3, 0.4) is 0 Å². The zero-order valence-corrected chi connectivity index (χ0v) is 20.9. The van der Waals surface area contributed by atoms with E-state index in [-0.39, 0.29) is 34.6 Å². The third-order valence-electron chi connectivity index (χ3n) is 5.51. The molecule has 36 heavy (non-hydrogen) atoms. The van der Waals surface area contributed by atoms with E-state index in [0.717, 1.165) is 36.7 Å². The summed E-state index contributed by atoms with van der Waals surface area (Å²) in [5.41, 5.74) is 0.0210. The molecule has 1 aliphatic heterocycles. The summed E-state index contributed by atoms with van der Waals surface area (Å²) in [4.78, 5) is -0.0492. The molecule has 2 aromatic heterocycles. The van der Waals surface area contributed by atoms with Crippen LogP contribution in [-0.4, -0.2) is 50.4 Å². The van der Waals surface area contributed by atoms with Crippen molar-refractivity contribution in [2.45, 2.75) is 41.7 Å². The molecule has 4 aromatic rings. The maximum absolute atomic E-state index is 13.4. The third kappa shape index (κ3) is 5.25. The van der Waals surface area contributed by atoms with Crippen LogP contribution in [0.4, 0.5) is 13.2 Å². The molecule has 0 bridgehead atoms. The fourth-order valence-electron chi connectivity index (χ4n) is 3.77. The number of alkyl halides is 3. The van der Waals surface area contributed by atoms with Crippen LogP contribution < -0.4 is 4.72 Å². The summed E-state index contributed by atoms with van der Waals surface area (Å²) < 4.78 is 83.9. The minimum atomic E-state index is -4.54. The second-order valence-corrected chi connectivity index (χ2v) is 11.2. The monoisotopic (exact) mass is 556 g/mol. The van der Waals surface area contributed by atoms with Crippen molar-refractivity contribution in [2.24, 2.45) is 0 Å². The third-order valence-corrected chi connectivity index (χ3v) is 8.55. The smallest absolute Gasteiger partial charge is 0.377 e. The predicted octanol–water partition coefficient (Wildman–Crippen LogP) is 4.04. The molecule has 0 unspecified atom stereocenters. The molecule has 0 spiro atoms. The Kier molecular flexibility index (Phi) is 7.00. The Morgan fingerprint density at radius 3 is 2.78 bits per heavy atom. The van der Waals surface area contributed by atoms with Crippen LogP contribution in [0.1, 0.15) is 24.2 Å². The molecule has 1 fully saturated rings. The number of aromatic nitrogens is 5. The Hall–Kier alpha value is -2.59. The maximum Gasteiger partial charge on any atom is 0.416 e. The van der Waals surface area contributed by atoms with Gasteiger partial charge >= 0.3 is 6.18 Å². The summed E-state index contributed by atoms with van der Waals surface area (Å²) in [6.45, 7) is 0.361. The van der Waals surface area contributed by atoms with Gasteiger partial charge in [0.1, 0.15) is 15.9 Å². The predicted molar refractivity (Wildman–Crippen MR) is 127 cm³/mol. The van der Waals surface area contributed by atoms with Crippen LogP contribution in [0.25, 0.3) is 16.7 Å². The van der Waals surface area contributed by atoms with Gasteiger partial charge in [-0.25, -0.2) is 13.1 Å². The first kappa shape index (κ1) is 25.1. The molecular weight excluding hydrogens is 537 g/mol. The summed E-state index contributed by atoms with van der Waals surface area (Å²) in [5, 5.41) is 8.58. The van der Waals surface area contributed by atoms with Gasteiger partial charge in [-0.15, -0.1) is 10.2 Å². The van der Waals surface area contributed by atoms with Crippen LogP contribution in [0.5, 0.6) is 0 Å². The molecule has 0 aliphatic carbocycles. The van der Waals surface area contributed by atoms with Gasteiger partial charge in [0.25, 0.3) is 0 Å². The molecule has 1 saturated heterocycles. The highest BCUT2D eigenvalue weighted by molar-refractivity contribution is 7.99. The normalized spacial score (nSPS) is 16.7. The maximum atomic E-state index is 13.4. The highest BCUT2D eigenvalue weighted by Crippen LogP contribution is 2.32. The van der Waals surface area contributed by atoms with E-state index in [1.807, 2.05) is 0 Å². The molecule has 1 N–H and O–H groups in total. The van der Waals surface area contributed by atoms with Gasteiger partial charge in [-0.1, -0.05) is 23.9 Å². The lowest BCUT2D eigenvalue weighted by atomic mass is 10.2. The quantitative estimate of drug-likeness (QED) is 0.324. The van der Waals surface area contributed by atoms with Crippen molar-refractivity contribution in [3.8, 4) is 5.69 Å². The molecule has 1 atom stereocenters. The highest BCUT2D eigenvalue weighted by Gasteiger charge is 2.31. The molecule has 0 radical (unpaired) electrons. The molecular formula is C21H19F3N6O3S3. The van der Waals surface area contributed by atoms with E-state index in [1.165, 1.54) is 34.5 Å². The number of nitrogens with zero attached hydrogens (tertiary/aromatic N) is 5. The molecule has 190 valence electrons. The average Bonchev–Trinajstić information content (AvgIpc) is 3.61. The highest BCUT2D eigenvalue weighted by atomic mass is 32.2. The first-order valence-electron chi connectivity index (χ1n) is 10.8. The molecule has 3 heterocycles. The first-order valence-corrected chi connectivity index (χ1v) is 14.0.